The Hall–Kier alpha value is -0.760. The summed E-state index contributed by atoms with van der Waals surface area (Å²) in [5.74, 6) is 0.525. The lowest BCUT2D eigenvalue weighted by atomic mass is 10.2. The van der Waals surface area contributed by atoms with Gasteiger partial charge < -0.3 is 4.42 Å². The van der Waals surface area contributed by atoms with E-state index >= 15 is 0 Å². The number of halogens is 1. The van der Waals surface area contributed by atoms with Gasteiger partial charge in [0.15, 0.2) is 0 Å². The summed E-state index contributed by atoms with van der Waals surface area (Å²) in [5, 5.41) is -0.248. The van der Waals surface area contributed by atoms with Gasteiger partial charge in [-0.1, -0.05) is 0 Å². The van der Waals surface area contributed by atoms with E-state index in [1.807, 2.05) is 6.92 Å². The second-order valence-electron chi connectivity index (χ2n) is 2.47. The molecule has 0 spiro atoms. The van der Waals surface area contributed by atoms with Gasteiger partial charge in [0.2, 0.25) is 0 Å². The van der Waals surface area contributed by atoms with Crippen molar-refractivity contribution in [3.05, 3.63) is 33.9 Å². The molecule has 11 heavy (non-hydrogen) atoms. The molecule has 2 nitrogen and oxygen atoms in total. The maximum Gasteiger partial charge on any atom is 0.336 e. The van der Waals surface area contributed by atoms with Crippen LogP contribution in [0.2, 0.25) is 0 Å². The molecule has 0 saturated heterocycles. The zero-order chi connectivity index (χ0) is 8.43. The van der Waals surface area contributed by atoms with Gasteiger partial charge in [-0.05, 0) is 25.5 Å². The van der Waals surface area contributed by atoms with Crippen molar-refractivity contribution in [3.63, 3.8) is 0 Å². The van der Waals surface area contributed by atoms with Crippen molar-refractivity contribution in [2.24, 2.45) is 0 Å². The van der Waals surface area contributed by atoms with Gasteiger partial charge in [-0.2, -0.15) is 0 Å². The summed E-state index contributed by atoms with van der Waals surface area (Å²) >= 11 is 5.71. The monoisotopic (exact) mass is 172 g/mol. The summed E-state index contributed by atoms with van der Waals surface area (Å²) in [6.45, 7) is 3.60. The van der Waals surface area contributed by atoms with Gasteiger partial charge in [0, 0.05) is 6.07 Å². The quantitative estimate of drug-likeness (QED) is 0.609. The lowest BCUT2D eigenvalue weighted by molar-refractivity contribution is 0.459. The third kappa shape index (κ3) is 2.09. The Labute approximate surface area is 69.8 Å². The first-order valence-electron chi connectivity index (χ1n) is 3.35. The smallest absolute Gasteiger partial charge is 0.336 e. The molecular formula is C8H9ClO2. The van der Waals surface area contributed by atoms with Crippen molar-refractivity contribution in [3.8, 4) is 0 Å². The lowest BCUT2D eigenvalue weighted by Gasteiger charge is -2.00. The molecule has 3 heteroatoms. The van der Waals surface area contributed by atoms with Crippen LogP contribution in [0.15, 0.2) is 21.3 Å². The number of hydrogen-bond acceptors (Lipinski definition) is 2. The largest absolute Gasteiger partial charge is 0.426 e. The lowest BCUT2D eigenvalue weighted by Crippen LogP contribution is -2.00. The predicted octanol–water partition coefficient (Wildman–Crippen LogP) is 2.25. The van der Waals surface area contributed by atoms with Gasteiger partial charge >= 0.3 is 5.63 Å². The topological polar surface area (TPSA) is 30.2 Å². The number of aryl methyl sites for hydroxylation is 1. The second kappa shape index (κ2) is 3.09. The average Bonchev–Trinajstić information content (AvgIpc) is 1.85. The summed E-state index contributed by atoms with van der Waals surface area (Å²) in [5.41, 5.74) is 0.538. The maximum atomic E-state index is 10.8. The van der Waals surface area contributed by atoms with E-state index in [-0.39, 0.29) is 11.0 Å². The van der Waals surface area contributed by atoms with Crippen molar-refractivity contribution < 1.29 is 4.42 Å². The van der Waals surface area contributed by atoms with Crippen LogP contribution < -0.4 is 5.63 Å². The molecular weight excluding hydrogens is 164 g/mol. The minimum absolute atomic E-state index is 0.248. The average molecular weight is 173 g/mol. The van der Waals surface area contributed by atoms with Crippen LogP contribution in [0.1, 0.15) is 23.6 Å². The van der Waals surface area contributed by atoms with E-state index in [4.69, 9.17) is 16.0 Å². The van der Waals surface area contributed by atoms with Gasteiger partial charge in [-0.15, -0.1) is 11.6 Å². The van der Waals surface area contributed by atoms with Crippen LogP contribution >= 0.6 is 11.6 Å². The van der Waals surface area contributed by atoms with Gasteiger partial charge in [0.05, 0.1) is 5.38 Å². The van der Waals surface area contributed by atoms with E-state index in [2.05, 4.69) is 0 Å². The second-order valence-corrected chi connectivity index (χ2v) is 3.13. The van der Waals surface area contributed by atoms with Crippen molar-refractivity contribution in [1.82, 2.24) is 0 Å². The summed E-state index contributed by atoms with van der Waals surface area (Å²) in [6.07, 6.45) is 0. The molecule has 0 aromatic carbocycles. The summed E-state index contributed by atoms with van der Waals surface area (Å²) in [7, 11) is 0. The minimum atomic E-state index is -0.340. The molecule has 1 aromatic rings. The zero-order valence-corrected chi connectivity index (χ0v) is 7.18. The molecule has 0 amide bonds. The first-order chi connectivity index (χ1) is 5.09. The highest BCUT2D eigenvalue weighted by molar-refractivity contribution is 6.20. The first-order valence-corrected chi connectivity index (χ1v) is 3.79. The molecule has 0 saturated carbocycles. The fourth-order valence-electron chi connectivity index (χ4n) is 0.823. The molecule has 1 rings (SSSR count). The van der Waals surface area contributed by atoms with Crippen molar-refractivity contribution in [2.45, 2.75) is 19.2 Å². The molecule has 0 bridgehead atoms. The third-order valence-corrected chi connectivity index (χ3v) is 1.54. The fourth-order valence-corrected chi connectivity index (χ4v) is 0.931. The Bertz CT molecular complexity index is 301. The number of hydrogen-bond donors (Lipinski definition) is 0. The van der Waals surface area contributed by atoms with Crippen LogP contribution in [0.25, 0.3) is 0 Å². The predicted molar refractivity (Wildman–Crippen MR) is 44.0 cm³/mol. The van der Waals surface area contributed by atoms with E-state index in [1.165, 1.54) is 6.07 Å². The van der Waals surface area contributed by atoms with Crippen molar-refractivity contribution in [2.75, 3.05) is 0 Å². The number of alkyl halides is 1. The maximum absolute atomic E-state index is 10.8. The molecule has 1 atom stereocenters. The van der Waals surface area contributed by atoms with Crippen LogP contribution in [-0.2, 0) is 0 Å². The van der Waals surface area contributed by atoms with E-state index in [9.17, 15) is 4.79 Å². The Morgan fingerprint density at radius 1 is 1.55 bits per heavy atom. The number of rotatable bonds is 1. The van der Waals surface area contributed by atoms with E-state index in [0.29, 0.717) is 5.76 Å². The first kappa shape index (κ1) is 8.34. The highest BCUT2D eigenvalue weighted by Gasteiger charge is 2.04. The molecule has 60 valence electrons. The molecule has 0 radical (unpaired) electrons. The molecule has 0 N–H and O–H groups in total. The fraction of sp³-hybridized carbons (Fsp3) is 0.375. The zero-order valence-electron chi connectivity index (χ0n) is 6.43. The van der Waals surface area contributed by atoms with Crippen LogP contribution in [-0.4, -0.2) is 0 Å². The highest BCUT2D eigenvalue weighted by Crippen LogP contribution is 2.17. The standard InChI is InChI=1S/C8H9ClO2/c1-5-3-7(6(2)9)11-8(10)4-5/h3-4,6H,1-2H3. The molecule has 0 aliphatic rings. The van der Waals surface area contributed by atoms with Gasteiger partial charge in [-0.3, -0.25) is 0 Å². The Morgan fingerprint density at radius 2 is 2.18 bits per heavy atom. The molecule has 1 aromatic heterocycles. The summed E-state index contributed by atoms with van der Waals surface area (Å²) in [4.78, 5) is 10.8. The van der Waals surface area contributed by atoms with Gasteiger partial charge in [0.25, 0.3) is 0 Å². The van der Waals surface area contributed by atoms with Crippen molar-refractivity contribution >= 4 is 11.6 Å². The highest BCUT2D eigenvalue weighted by atomic mass is 35.5. The molecule has 1 unspecified atom stereocenters. The van der Waals surface area contributed by atoms with E-state index in [1.54, 1.807) is 13.0 Å². The molecule has 0 aliphatic heterocycles. The van der Waals surface area contributed by atoms with Gasteiger partial charge in [-0.25, -0.2) is 4.79 Å². The SMILES string of the molecule is Cc1cc(C(C)Cl)oc(=O)c1. The Kier molecular flexibility index (Phi) is 2.35. The molecule has 0 aliphatic carbocycles. The molecule has 1 heterocycles. The van der Waals surface area contributed by atoms with E-state index < -0.39 is 0 Å². The Balaban J connectivity index is 3.19. The van der Waals surface area contributed by atoms with E-state index in [0.717, 1.165) is 5.56 Å². The van der Waals surface area contributed by atoms with Crippen molar-refractivity contribution in [1.29, 1.82) is 0 Å². The van der Waals surface area contributed by atoms with Gasteiger partial charge in [0.1, 0.15) is 5.76 Å². The Morgan fingerprint density at radius 3 is 2.64 bits per heavy atom. The summed E-state index contributed by atoms with van der Waals surface area (Å²) in [6, 6.07) is 3.20. The van der Waals surface area contributed by atoms with Crippen LogP contribution in [0.4, 0.5) is 0 Å². The minimum Gasteiger partial charge on any atom is -0.426 e. The summed E-state index contributed by atoms with van der Waals surface area (Å²) < 4.78 is 4.83. The molecule has 0 fully saturated rings. The third-order valence-electron chi connectivity index (χ3n) is 1.33. The van der Waals surface area contributed by atoms with Crippen LogP contribution in [0, 0.1) is 6.92 Å². The van der Waals surface area contributed by atoms with Crippen LogP contribution in [0.5, 0.6) is 0 Å². The van der Waals surface area contributed by atoms with Crippen LogP contribution in [0.3, 0.4) is 0 Å². The normalized spacial score (nSPS) is 13.0.